The van der Waals surface area contributed by atoms with Gasteiger partial charge in [0.25, 0.3) is 5.91 Å². The van der Waals surface area contributed by atoms with Gasteiger partial charge >= 0.3 is 0 Å². The van der Waals surface area contributed by atoms with E-state index in [2.05, 4.69) is 0 Å². The van der Waals surface area contributed by atoms with E-state index in [4.69, 9.17) is 0 Å². The van der Waals surface area contributed by atoms with Crippen molar-refractivity contribution in [2.75, 3.05) is 0 Å². The molecule has 0 heterocycles. The van der Waals surface area contributed by atoms with E-state index in [9.17, 15) is 26.7 Å². The summed E-state index contributed by atoms with van der Waals surface area (Å²) in [6.45, 7) is -0.170. The molecule has 1 aliphatic rings. The van der Waals surface area contributed by atoms with E-state index >= 15 is 0 Å². The van der Waals surface area contributed by atoms with Gasteiger partial charge in [0.1, 0.15) is 5.82 Å². The molecule has 2 aromatic carbocycles. The molecule has 0 spiro atoms. The van der Waals surface area contributed by atoms with E-state index in [1.54, 1.807) is 6.07 Å². The molecule has 0 atom stereocenters. The van der Waals surface area contributed by atoms with E-state index in [1.165, 1.54) is 18.2 Å². The van der Waals surface area contributed by atoms with Crippen molar-refractivity contribution in [3.8, 4) is 0 Å². The third kappa shape index (κ3) is 2.98. The predicted molar refractivity (Wildman–Crippen MR) is 75.6 cm³/mol. The van der Waals surface area contributed by atoms with E-state index in [0.717, 1.165) is 4.90 Å². The second-order valence-corrected chi connectivity index (χ2v) is 5.60. The first-order valence-corrected chi connectivity index (χ1v) is 7.27. The highest BCUT2D eigenvalue weighted by atomic mass is 19.2. The molecule has 1 fully saturated rings. The Bertz CT molecular complexity index is 804. The number of amides is 1. The molecule has 3 rings (SSSR count). The zero-order valence-corrected chi connectivity index (χ0v) is 12.3. The summed E-state index contributed by atoms with van der Waals surface area (Å²) < 4.78 is 67.4. The minimum atomic E-state index is -2.04. The summed E-state index contributed by atoms with van der Waals surface area (Å²) in [7, 11) is 0. The summed E-state index contributed by atoms with van der Waals surface area (Å²) in [5.74, 6) is -8.97. The fourth-order valence-corrected chi connectivity index (χ4v) is 2.45. The molecule has 2 aromatic rings. The number of hydrogen-bond acceptors (Lipinski definition) is 1. The lowest BCUT2D eigenvalue weighted by Gasteiger charge is -2.23. The third-order valence-electron chi connectivity index (χ3n) is 3.88. The summed E-state index contributed by atoms with van der Waals surface area (Å²) in [4.78, 5) is 13.6. The highest BCUT2D eigenvalue weighted by Crippen LogP contribution is 2.31. The van der Waals surface area contributed by atoms with Gasteiger partial charge in [-0.15, -0.1) is 0 Å². The topological polar surface area (TPSA) is 20.3 Å². The van der Waals surface area contributed by atoms with Gasteiger partial charge in [0, 0.05) is 18.2 Å². The molecule has 2 nitrogen and oxygen atoms in total. The molecule has 0 aromatic heterocycles. The largest absolute Gasteiger partial charge is 0.331 e. The van der Waals surface area contributed by atoms with E-state index < -0.39 is 40.6 Å². The zero-order chi connectivity index (χ0) is 17.4. The van der Waals surface area contributed by atoms with Gasteiger partial charge in [-0.2, -0.15) is 0 Å². The van der Waals surface area contributed by atoms with Crippen LogP contribution in [0.2, 0.25) is 0 Å². The first kappa shape index (κ1) is 16.4. The molecule has 0 N–H and O–H groups in total. The van der Waals surface area contributed by atoms with Crippen molar-refractivity contribution in [1.82, 2.24) is 4.90 Å². The Labute approximate surface area is 134 Å². The Morgan fingerprint density at radius 3 is 2.25 bits per heavy atom. The van der Waals surface area contributed by atoms with Crippen LogP contribution in [-0.2, 0) is 6.54 Å². The van der Waals surface area contributed by atoms with Crippen LogP contribution in [0.25, 0.3) is 0 Å². The van der Waals surface area contributed by atoms with E-state index in [-0.39, 0.29) is 18.2 Å². The van der Waals surface area contributed by atoms with Crippen LogP contribution in [-0.4, -0.2) is 16.8 Å². The highest BCUT2D eigenvalue weighted by Gasteiger charge is 2.36. The number of carbonyl (C=O) groups excluding carboxylic acids is 1. The second kappa shape index (κ2) is 6.22. The van der Waals surface area contributed by atoms with Gasteiger partial charge in [0.05, 0.1) is 5.56 Å². The number of benzene rings is 2. The number of hydrogen-bond donors (Lipinski definition) is 0. The minimum absolute atomic E-state index is 0.170. The molecule has 0 bridgehead atoms. The van der Waals surface area contributed by atoms with Crippen molar-refractivity contribution < 1.29 is 26.7 Å². The maximum Gasteiger partial charge on any atom is 0.257 e. The third-order valence-corrected chi connectivity index (χ3v) is 3.88. The number of carbonyl (C=O) groups is 1. The van der Waals surface area contributed by atoms with Crippen LogP contribution >= 0.6 is 0 Å². The lowest BCUT2D eigenvalue weighted by atomic mass is 10.1. The lowest BCUT2D eigenvalue weighted by Crippen LogP contribution is -2.34. The summed E-state index contributed by atoms with van der Waals surface area (Å²) in [6.07, 6.45) is 1.24. The van der Waals surface area contributed by atoms with Gasteiger partial charge in [-0.3, -0.25) is 4.79 Å². The molecule has 7 heteroatoms. The Morgan fingerprint density at radius 2 is 1.62 bits per heavy atom. The molecule has 1 aliphatic carbocycles. The van der Waals surface area contributed by atoms with Crippen LogP contribution < -0.4 is 0 Å². The van der Waals surface area contributed by atoms with Gasteiger partial charge in [0.2, 0.25) is 0 Å². The fourth-order valence-electron chi connectivity index (χ4n) is 2.45. The highest BCUT2D eigenvalue weighted by molar-refractivity contribution is 5.95. The van der Waals surface area contributed by atoms with Gasteiger partial charge < -0.3 is 4.90 Å². The van der Waals surface area contributed by atoms with Gasteiger partial charge in [0.15, 0.2) is 23.3 Å². The van der Waals surface area contributed by atoms with Crippen LogP contribution in [0.15, 0.2) is 30.3 Å². The van der Waals surface area contributed by atoms with E-state index in [0.29, 0.717) is 18.9 Å². The molecular formula is C17H12F5NO. The number of nitrogens with zero attached hydrogens (tertiary/aromatic N) is 1. The normalized spacial score (nSPS) is 13.9. The molecule has 0 saturated heterocycles. The SMILES string of the molecule is O=C(c1cc(F)c(F)c(F)c1F)N(Cc1ccccc1F)C1CC1. The van der Waals surface area contributed by atoms with Crippen LogP contribution in [0.5, 0.6) is 0 Å². The number of halogens is 5. The monoisotopic (exact) mass is 341 g/mol. The van der Waals surface area contributed by atoms with Gasteiger partial charge in [-0.05, 0) is 25.0 Å². The Balaban J connectivity index is 1.96. The van der Waals surface area contributed by atoms with Crippen molar-refractivity contribution in [2.24, 2.45) is 0 Å². The van der Waals surface area contributed by atoms with Crippen molar-refractivity contribution in [3.63, 3.8) is 0 Å². The maximum atomic E-state index is 13.9. The molecule has 1 amide bonds. The van der Waals surface area contributed by atoms with Crippen LogP contribution in [0, 0.1) is 29.1 Å². The molecular weight excluding hydrogens is 329 g/mol. The number of rotatable bonds is 4. The zero-order valence-electron chi connectivity index (χ0n) is 12.3. The average molecular weight is 341 g/mol. The summed E-state index contributed by atoms with van der Waals surface area (Å²) in [5.41, 5.74) is -0.712. The van der Waals surface area contributed by atoms with Crippen molar-refractivity contribution >= 4 is 5.91 Å². The van der Waals surface area contributed by atoms with Crippen molar-refractivity contribution in [2.45, 2.75) is 25.4 Å². The van der Waals surface area contributed by atoms with Crippen LogP contribution in [0.1, 0.15) is 28.8 Å². The summed E-state index contributed by atoms with van der Waals surface area (Å²) >= 11 is 0. The first-order chi connectivity index (χ1) is 11.4. The molecule has 1 saturated carbocycles. The van der Waals surface area contributed by atoms with E-state index in [1.807, 2.05) is 0 Å². The Morgan fingerprint density at radius 1 is 0.958 bits per heavy atom. The van der Waals surface area contributed by atoms with Crippen molar-refractivity contribution in [1.29, 1.82) is 0 Å². The molecule has 24 heavy (non-hydrogen) atoms. The fraction of sp³-hybridized carbons (Fsp3) is 0.235. The average Bonchev–Trinajstić information content (AvgIpc) is 3.40. The van der Waals surface area contributed by atoms with Crippen molar-refractivity contribution in [3.05, 3.63) is 70.5 Å². The molecule has 126 valence electrons. The Kier molecular flexibility index (Phi) is 4.26. The quantitative estimate of drug-likeness (QED) is 0.464. The van der Waals surface area contributed by atoms with Gasteiger partial charge in [-0.25, -0.2) is 22.0 Å². The van der Waals surface area contributed by atoms with Gasteiger partial charge in [-0.1, -0.05) is 18.2 Å². The molecule has 0 unspecified atom stereocenters. The van der Waals surface area contributed by atoms with Crippen LogP contribution in [0.4, 0.5) is 22.0 Å². The smallest absolute Gasteiger partial charge is 0.257 e. The Hall–Kier alpha value is -2.44. The molecule has 0 radical (unpaired) electrons. The standard InChI is InChI=1S/C17H12F5NO/c18-12-4-2-1-3-9(12)8-23(10-5-6-10)17(24)11-7-13(19)15(21)16(22)14(11)20/h1-4,7,10H,5-6,8H2. The molecule has 0 aliphatic heterocycles. The van der Waals surface area contributed by atoms with Crippen LogP contribution in [0.3, 0.4) is 0 Å². The first-order valence-electron chi connectivity index (χ1n) is 7.27. The summed E-state index contributed by atoms with van der Waals surface area (Å²) in [6, 6.07) is 5.78. The summed E-state index contributed by atoms with van der Waals surface area (Å²) in [5, 5.41) is 0. The second-order valence-electron chi connectivity index (χ2n) is 5.60. The maximum absolute atomic E-state index is 13.9. The lowest BCUT2D eigenvalue weighted by molar-refractivity contribution is 0.0721. The minimum Gasteiger partial charge on any atom is -0.331 e. The predicted octanol–water partition coefficient (Wildman–Crippen LogP) is 4.19.